The van der Waals surface area contributed by atoms with E-state index < -0.39 is 0 Å². The Bertz CT molecular complexity index is 1390. The van der Waals surface area contributed by atoms with Crippen LogP contribution >= 0.6 is 0 Å². The highest BCUT2D eigenvalue weighted by atomic mass is 16.3. The number of furan rings is 1. The van der Waals surface area contributed by atoms with Gasteiger partial charge in [-0.25, -0.2) is 0 Å². The molecule has 2 aromatic carbocycles. The second-order valence-corrected chi connectivity index (χ2v) is 9.31. The number of fused-ring (bicyclic) bond motifs is 1. The van der Waals surface area contributed by atoms with Gasteiger partial charge < -0.3 is 14.6 Å². The van der Waals surface area contributed by atoms with E-state index in [1.54, 1.807) is 6.20 Å². The molecule has 35 heavy (non-hydrogen) atoms. The maximum Gasteiger partial charge on any atom is 0.134 e. The first-order valence-corrected chi connectivity index (χ1v) is 12.2. The highest BCUT2D eigenvalue weighted by Crippen LogP contribution is 2.33. The number of hydrogen-bond acceptors (Lipinski definition) is 6. The summed E-state index contributed by atoms with van der Waals surface area (Å²) in [5, 5.41) is 14.1. The van der Waals surface area contributed by atoms with Crippen LogP contribution in [0.3, 0.4) is 0 Å². The van der Waals surface area contributed by atoms with E-state index >= 15 is 0 Å². The number of hydrogen-bond donors (Lipinski definition) is 1. The fourth-order valence-electron chi connectivity index (χ4n) is 4.76. The van der Waals surface area contributed by atoms with Gasteiger partial charge in [0.25, 0.3) is 0 Å². The molecule has 1 saturated heterocycles. The van der Waals surface area contributed by atoms with Gasteiger partial charge in [-0.1, -0.05) is 30.7 Å². The van der Waals surface area contributed by atoms with Crippen molar-refractivity contribution in [2.75, 3.05) is 38.0 Å². The summed E-state index contributed by atoms with van der Waals surface area (Å²) in [5.41, 5.74) is 6.43. The second kappa shape index (κ2) is 9.91. The van der Waals surface area contributed by atoms with Gasteiger partial charge in [0.05, 0.1) is 23.3 Å². The number of pyridine rings is 1. The lowest BCUT2D eigenvalue weighted by molar-refractivity contribution is 0.125. The van der Waals surface area contributed by atoms with E-state index in [0.29, 0.717) is 5.56 Å². The third-order valence-electron chi connectivity index (χ3n) is 6.87. The molecule has 0 radical (unpaired) electrons. The van der Waals surface area contributed by atoms with Gasteiger partial charge in [-0.2, -0.15) is 5.26 Å². The van der Waals surface area contributed by atoms with E-state index in [0.717, 1.165) is 84.2 Å². The van der Waals surface area contributed by atoms with Crippen molar-refractivity contribution in [3.05, 3.63) is 77.2 Å². The number of rotatable bonds is 6. The molecule has 0 saturated carbocycles. The minimum Gasteiger partial charge on any atom is -0.460 e. The Hall–Kier alpha value is -3.66. The Morgan fingerprint density at radius 1 is 1.00 bits per heavy atom. The predicted molar refractivity (Wildman–Crippen MR) is 141 cm³/mol. The molecular weight excluding hydrogens is 434 g/mol. The largest absolute Gasteiger partial charge is 0.460 e. The monoisotopic (exact) mass is 465 g/mol. The first kappa shape index (κ1) is 23.1. The Kier molecular flexibility index (Phi) is 6.54. The van der Waals surface area contributed by atoms with Gasteiger partial charge in [-0.15, -0.1) is 0 Å². The lowest BCUT2D eigenvalue weighted by atomic mass is 10.0. The summed E-state index contributed by atoms with van der Waals surface area (Å²) < 4.78 is 6.22. The van der Waals surface area contributed by atoms with Crippen molar-refractivity contribution in [3.63, 3.8) is 0 Å². The van der Waals surface area contributed by atoms with Gasteiger partial charge in [0.15, 0.2) is 0 Å². The standard InChI is InChI=1S/C29H31N5O/c1-4-33-11-13-34(14-12-33)19-24-7-10-28(35-24)22-6-8-25-27(16-22)31-18-23(17-30)29(25)32-26-9-5-20(2)15-21(26)3/h5-10,15-16,18H,4,11-14,19H2,1-3H3,(H,31,32). The quantitative estimate of drug-likeness (QED) is 0.384. The van der Waals surface area contributed by atoms with Crippen LogP contribution in [0.25, 0.3) is 22.2 Å². The Morgan fingerprint density at radius 3 is 2.54 bits per heavy atom. The van der Waals surface area contributed by atoms with Crippen molar-refractivity contribution in [3.8, 4) is 17.4 Å². The van der Waals surface area contributed by atoms with Gasteiger partial charge in [-0.3, -0.25) is 9.88 Å². The lowest BCUT2D eigenvalue weighted by Crippen LogP contribution is -2.45. The van der Waals surface area contributed by atoms with Gasteiger partial charge in [0, 0.05) is 49.0 Å². The molecule has 3 heterocycles. The van der Waals surface area contributed by atoms with Crippen molar-refractivity contribution in [2.24, 2.45) is 0 Å². The van der Waals surface area contributed by atoms with Crippen LogP contribution in [0.4, 0.5) is 11.4 Å². The molecule has 0 spiro atoms. The zero-order valence-electron chi connectivity index (χ0n) is 20.6. The van der Waals surface area contributed by atoms with Gasteiger partial charge in [-0.05, 0) is 56.3 Å². The SMILES string of the molecule is CCN1CCN(Cc2ccc(-c3ccc4c(Nc5ccc(C)cc5C)c(C#N)cnc4c3)o2)CC1. The average molecular weight is 466 g/mol. The zero-order valence-corrected chi connectivity index (χ0v) is 20.6. The van der Waals surface area contributed by atoms with Crippen LogP contribution in [0.15, 0.2) is 59.1 Å². The van der Waals surface area contributed by atoms with Gasteiger partial charge in [0.2, 0.25) is 0 Å². The van der Waals surface area contributed by atoms with Crippen molar-refractivity contribution in [2.45, 2.75) is 27.3 Å². The van der Waals surface area contributed by atoms with Crippen LogP contribution in [-0.4, -0.2) is 47.5 Å². The molecule has 4 aromatic rings. The number of nitrogens with zero attached hydrogens (tertiary/aromatic N) is 4. The van der Waals surface area contributed by atoms with E-state index in [9.17, 15) is 5.26 Å². The number of nitriles is 1. The molecule has 2 aromatic heterocycles. The van der Waals surface area contributed by atoms with E-state index in [-0.39, 0.29) is 0 Å². The number of benzene rings is 2. The molecule has 1 aliphatic heterocycles. The van der Waals surface area contributed by atoms with E-state index in [2.05, 4.69) is 71.2 Å². The summed E-state index contributed by atoms with van der Waals surface area (Å²) in [5.74, 6) is 1.82. The average Bonchev–Trinajstić information content (AvgIpc) is 3.34. The fraction of sp³-hybridized carbons (Fsp3) is 0.310. The maximum absolute atomic E-state index is 9.72. The first-order chi connectivity index (χ1) is 17.0. The van der Waals surface area contributed by atoms with Crippen LogP contribution in [0, 0.1) is 25.2 Å². The molecule has 0 amide bonds. The minimum absolute atomic E-state index is 0.522. The lowest BCUT2D eigenvalue weighted by Gasteiger charge is -2.33. The molecule has 1 aliphatic rings. The first-order valence-electron chi connectivity index (χ1n) is 12.2. The molecule has 0 atom stereocenters. The number of likely N-dealkylation sites (N-methyl/N-ethyl adjacent to an activating group) is 1. The number of piperazine rings is 1. The predicted octanol–water partition coefficient (Wildman–Crippen LogP) is 5.86. The van der Waals surface area contributed by atoms with Gasteiger partial charge in [0.1, 0.15) is 17.6 Å². The summed E-state index contributed by atoms with van der Waals surface area (Å²) in [4.78, 5) is 9.50. The summed E-state index contributed by atoms with van der Waals surface area (Å²) >= 11 is 0. The van der Waals surface area contributed by atoms with E-state index in [4.69, 9.17) is 4.42 Å². The van der Waals surface area contributed by atoms with Gasteiger partial charge >= 0.3 is 0 Å². The van der Waals surface area contributed by atoms with Crippen molar-refractivity contribution < 1.29 is 4.42 Å². The van der Waals surface area contributed by atoms with Crippen molar-refractivity contribution >= 4 is 22.3 Å². The van der Waals surface area contributed by atoms with E-state index in [1.807, 2.05) is 24.3 Å². The third kappa shape index (κ3) is 4.93. The zero-order chi connectivity index (χ0) is 24.4. The third-order valence-corrected chi connectivity index (χ3v) is 6.87. The molecule has 1 N–H and O–H groups in total. The van der Waals surface area contributed by atoms with E-state index in [1.165, 1.54) is 5.56 Å². The minimum atomic E-state index is 0.522. The number of anilines is 2. The number of aromatic nitrogens is 1. The topological polar surface area (TPSA) is 68.3 Å². The molecular formula is C29H31N5O. The summed E-state index contributed by atoms with van der Waals surface area (Å²) in [6.07, 6.45) is 1.64. The highest BCUT2D eigenvalue weighted by molar-refractivity contribution is 5.97. The Balaban J connectivity index is 1.40. The summed E-state index contributed by atoms with van der Waals surface area (Å²) in [7, 11) is 0. The molecule has 6 nitrogen and oxygen atoms in total. The molecule has 6 heteroatoms. The summed E-state index contributed by atoms with van der Waals surface area (Å²) in [6.45, 7) is 12.7. The Morgan fingerprint density at radius 2 is 1.80 bits per heavy atom. The highest BCUT2D eigenvalue weighted by Gasteiger charge is 2.18. The normalized spacial score (nSPS) is 14.8. The summed E-state index contributed by atoms with van der Waals surface area (Å²) in [6, 6.07) is 18.8. The Labute approximate surface area is 206 Å². The molecule has 0 bridgehead atoms. The van der Waals surface area contributed by atoms with Crippen LogP contribution in [0.1, 0.15) is 29.4 Å². The molecule has 1 fully saturated rings. The number of aryl methyl sites for hydroxylation is 2. The maximum atomic E-state index is 9.72. The van der Waals surface area contributed by atoms with Crippen molar-refractivity contribution in [1.29, 1.82) is 5.26 Å². The molecule has 0 aliphatic carbocycles. The number of nitrogens with one attached hydrogen (secondary N) is 1. The fourth-order valence-corrected chi connectivity index (χ4v) is 4.76. The second-order valence-electron chi connectivity index (χ2n) is 9.31. The molecule has 5 rings (SSSR count). The van der Waals surface area contributed by atoms with Crippen molar-refractivity contribution in [1.82, 2.24) is 14.8 Å². The van der Waals surface area contributed by atoms with Crippen LogP contribution < -0.4 is 5.32 Å². The van der Waals surface area contributed by atoms with Crippen LogP contribution in [0.5, 0.6) is 0 Å². The molecule has 0 unspecified atom stereocenters. The smallest absolute Gasteiger partial charge is 0.134 e. The molecule has 178 valence electrons. The van der Waals surface area contributed by atoms with Crippen LogP contribution in [0.2, 0.25) is 0 Å². The van der Waals surface area contributed by atoms with Crippen LogP contribution in [-0.2, 0) is 6.54 Å².